The predicted octanol–water partition coefficient (Wildman–Crippen LogP) is 4.41. The van der Waals surface area contributed by atoms with Crippen LogP contribution >= 0.6 is 11.3 Å². The van der Waals surface area contributed by atoms with E-state index in [2.05, 4.69) is 10.3 Å². The van der Waals surface area contributed by atoms with Gasteiger partial charge in [0, 0.05) is 16.8 Å². The van der Waals surface area contributed by atoms with E-state index in [1.165, 1.54) is 11.3 Å². The molecule has 1 N–H and O–H groups in total. The molecule has 28 heavy (non-hydrogen) atoms. The number of methoxy groups -OCH3 is 1. The van der Waals surface area contributed by atoms with E-state index < -0.39 is 5.91 Å². The van der Waals surface area contributed by atoms with Crippen molar-refractivity contribution in [2.75, 3.05) is 12.4 Å². The third kappa shape index (κ3) is 3.82. The average Bonchev–Trinajstić information content (AvgIpc) is 3.21. The first-order valence-corrected chi connectivity index (χ1v) is 9.50. The Hall–Kier alpha value is -3.37. The molecule has 3 aromatic rings. The van der Waals surface area contributed by atoms with Crippen LogP contribution in [0.4, 0.5) is 5.13 Å². The number of nitrogens with zero attached hydrogens (tertiary/aromatic N) is 3. The van der Waals surface area contributed by atoms with Gasteiger partial charge in [-0.3, -0.25) is 10.1 Å². The molecule has 0 saturated heterocycles. The molecule has 7 heteroatoms. The molecule has 0 saturated carbocycles. The van der Waals surface area contributed by atoms with E-state index in [1.807, 2.05) is 67.1 Å². The molecule has 6 nitrogen and oxygen atoms in total. The number of anilines is 1. The van der Waals surface area contributed by atoms with E-state index in [-0.39, 0.29) is 5.57 Å². The van der Waals surface area contributed by atoms with Gasteiger partial charge in [0.25, 0.3) is 5.91 Å². The minimum Gasteiger partial charge on any atom is -0.495 e. The lowest BCUT2D eigenvalue weighted by Gasteiger charge is -2.13. The fourth-order valence-corrected chi connectivity index (χ4v) is 3.68. The number of para-hydroxylation sites is 2. The van der Waals surface area contributed by atoms with Crippen LogP contribution in [0.25, 0.3) is 11.8 Å². The van der Waals surface area contributed by atoms with Crippen LogP contribution in [0.15, 0.2) is 41.3 Å². The quantitative estimate of drug-likeness (QED) is 0.515. The third-order valence-electron chi connectivity index (χ3n) is 4.30. The molecule has 0 spiro atoms. The van der Waals surface area contributed by atoms with Crippen LogP contribution < -0.4 is 10.1 Å². The van der Waals surface area contributed by atoms with Crippen molar-refractivity contribution in [3.8, 4) is 17.5 Å². The molecule has 1 amide bonds. The number of ether oxygens (including phenoxy) is 1. The Morgan fingerprint density at radius 1 is 1.32 bits per heavy atom. The Morgan fingerprint density at radius 3 is 2.71 bits per heavy atom. The first-order chi connectivity index (χ1) is 13.4. The number of carbonyl (C=O) groups excluding carboxylic acids is 1. The zero-order valence-electron chi connectivity index (χ0n) is 16.1. The molecular weight excluding hydrogens is 372 g/mol. The maximum absolute atomic E-state index is 12.5. The molecule has 0 radical (unpaired) electrons. The summed E-state index contributed by atoms with van der Waals surface area (Å²) in [6.07, 6.45) is 1.60. The smallest absolute Gasteiger partial charge is 0.268 e. The lowest BCUT2D eigenvalue weighted by atomic mass is 10.1. The number of nitrogens with one attached hydrogen (secondary N) is 1. The van der Waals surface area contributed by atoms with E-state index in [9.17, 15) is 10.1 Å². The van der Waals surface area contributed by atoms with E-state index in [0.29, 0.717) is 5.13 Å². The van der Waals surface area contributed by atoms with Crippen LogP contribution in [0, 0.1) is 32.1 Å². The molecular formula is C21H20N4O2S. The monoisotopic (exact) mass is 392 g/mol. The minimum absolute atomic E-state index is 0.0214. The normalized spacial score (nSPS) is 11.2. The summed E-state index contributed by atoms with van der Waals surface area (Å²) in [5.74, 6) is 0.274. The highest BCUT2D eigenvalue weighted by atomic mass is 32.1. The number of hydrogen-bond donors (Lipinski definition) is 1. The molecule has 142 valence electrons. The van der Waals surface area contributed by atoms with Crippen molar-refractivity contribution >= 4 is 28.5 Å². The average molecular weight is 392 g/mol. The number of aryl methyl sites for hydroxylation is 2. The van der Waals surface area contributed by atoms with Crippen molar-refractivity contribution in [2.45, 2.75) is 20.8 Å². The van der Waals surface area contributed by atoms with Gasteiger partial charge in [0.15, 0.2) is 5.13 Å². The summed E-state index contributed by atoms with van der Waals surface area (Å²) in [4.78, 5) is 16.7. The van der Waals surface area contributed by atoms with Gasteiger partial charge in [-0.15, -0.1) is 11.3 Å². The highest BCUT2D eigenvalue weighted by Gasteiger charge is 2.16. The van der Waals surface area contributed by atoms with Crippen LogP contribution in [0.1, 0.15) is 22.6 Å². The summed E-state index contributed by atoms with van der Waals surface area (Å²) in [5.41, 5.74) is 4.43. The summed E-state index contributed by atoms with van der Waals surface area (Å²) in [7, 11) is 1.63. The Morgan fingerprint density at radius 2 is 2.07 bits per heavy atom. The van der Waals surface area contributed by atoms with Gasteiger partial charge in [-0.2, -0.15) is 5.26 Å². The zero-order valence-corrected chi connectivity index (χ0v) is 16.9. The van der Waals surface area contributed by atoms with Gasteiger partial charge in [-0.05, 0) is 50.6 Å². The van der Waals surface area contributed by atoms with Gasteiger partial charge in [0.1, 0.15) is 17.4 Å². The van der Waals surface area contributed by atoms with E-state index >= 15 is 0 Å². The number of benzene rings is 1. The minimum atomic E-state index is -0.473. The van der Waals surface area contributed by atoms with Crippen molar-refractivity contribution in [2.24, 2.45) is 0 Å². The van der Waals surface area contributed by atoms with E-state index in [1.54, 1.807) is 13.2 Å². The van der Waals surface area contributed by atoms with Crippen molar-refractivity contribution in [1.29, 1.82) is 5.26 Å². The summed E-state index contributed by atoms with van der Waals surface area (Å²) in [6, 6.07) is 11.6. The molecule has 0 aliphatic rings. The molecule has 0 atom stereocenters. The Labute approximate surface area is 167 Å². The van der Waals surface area contributed by atoms with Crippen molar-refractivity contribution < 1.29 is 9.53 Å². The molecule has 0 aliphatic carbocycles. The molecule has 0 bridgehead atoms. The second kappa shape index (κ2) is 8.11. The van der Waals surface area contributed by atoms with Crippen LogP contribution in [0.3, 0.4) is 0 Å². The summed E-state index contributed by atoms with van der Waals surface area (Å²) < 4.78 is 7.51. The molecule has 1 aromatic carbocycles. The van der Waals surface area contributed by atoms with Gasteiger partial charge in [0.05, 0.1) is 18.5 Å². The number of hydrogen-bond acceptors (Lipinski definition) is 5. The summed E-state index contributed by atoms with van der Waals surface area (Å²) >= 11 is 1.33. The van der Waals surface area contributed by atoms with Crippen molar-refractivity contribution in [3.63, 3.8) is 0 Å². The lowest BCUT2D eigenvalue weighted by molar-refractivity contribution is -0.112. The molecule has 2 aromatic heterocycles. The Kier molecular flexibility index (Phi) is 5.62. The van der Waals surface area contributed by atoms with Gasteiger partial charge in [-0.1, -0.05) is 12.1 Å². The van der Waals surface area contributed by atoms with E-state index in [0.717, 1.165) is 34.1 Å². The molecule has 3 rings (SSSR count). The number of carbonyl (C=O) groups is 1. The molecule has 0 aliphatic heterocycles. The predicted molar refractivity (Wildman–Crippen MR) is 111 cm³/mol. The van der Waals surface area contributed by atoms with Gasteiger partial charge in [0.2, 0.25) is 0 Å². The maximum atomic E-state index is 12.5. The lowest BCUT2D eigenvalue weighted by Crippen LogP contribution is -2.13. The first-order valence-electron chi connectivity index (χ1n) is 8.62. The highest BCUT2D eigenvalue weighted by Crippen LogP contribution is 2.29. The van der Waals surface area contributed by atoms with Gasteiger partial charge < -0.3 is 9.30 Å². The SMILES string of the molecule is COc1ccccc1-n1c(C)cc(/C=C(/C#N)C(=O)Nc2nc(C)cs2)c1C. The van der Waals surface area contributed by atoms with Crippen LogP contribution in [0.2, 0.25) is 0 Å². The second-order valence-electron chi connectivity index (χ2n) is 6.25. The van der Waals surface area contributed by atoms with Crippen LogP contribution in [-0.2, 0) is 4.79 Å². The number of aromatic nitrogens is 2. The highest BCUT2D eigenvalue weighted by molar-refractivity contribution is 7.13. The molecule has 0 unspecified atom stereocenters. The van der Waals surface area contributed by atoms with Gasteiger partial charge in [-0.25, -0.2) is 4.98 Å². The third-order valence-corrected chi connectivity index (χ3v) is 5.18. The summed E-state index contributed by atoms with van der Waals surface area (Å²) in [6.45, 7) is 5.77. The number of amides is 1. The Bertz CT molecular complexity index is 1100. The van der Waals surface area contributed by atoms with Crippen LogP contribution in [-0.4, -0.2) is 22.6 Å². The maximum Gasteiger partial charge on any atom is 0.268 e. The van der Waals surface area contributed by atoms with E-state index in [4.69, 9.17) is 4.74 Å². The number of thiazole rings is 1. The fourth-order valence-electron chi connectivity index (χ4n) is 3.00. The Balaban J connectivity index is 1.97. The largest absolute Gasteiger partial charge is 0.495 e. The zero-order chi connectivity index (χ0) is 20.3. The van der Waals surface area contributed by atoms with Crippen molar-refractivity contribution in [1.82, 2.24) is 9.55 Å². The van der Waals surface area contributed by atoms with Crippen molar-refractivity contribution in [3.05, 3.63) is 63.9 Å². The second-order valence-corrected chi connectivity index (χ2v) is 7.11. The fraction of sp³-hybridized carbons (Fsp3) is 0.190. The topological polar surface area (TPSA) is 79.9 Å². The van der Waals surface area contributed by atoms with Crippen LogP contribution in [0.5, 0.6) is 5.75 Å². The first kappa shape index (κ1) is 19.4. The molecule has 2 heterocycles. The van der Waals surface area contributed by atoms with Gasteiger partial charge >= 0.3 is 0 Å². The standard InChI is InChI=1S/C21H20N4O2S/c1-13-12-28-21(23-13)24-20(26)17(11-22)10-16-9-14(2)25(15(16)3)18-7-5-6-8-19(18)27-4/h5-10,12H,1-4H3,(H,23,24,26)/b17-10-. The molecule has 0 fully saturated rings. The number of nitriles is 1. The number of rotatable bonds is 5. The summed E-state index contributed by atoms with van der Waals surface area (Å²) in [5, 5.41) is 14.5.